The number of aromatic nitrogens is 3. The van der Waals surface area contributed by atoms with E-state index < -0.39 is 5.97 Å². The zero-order valence-corrected chi connectivity index (χ0v) is 22.8. The van der Waals surface area contributed by atoms with Crippen molar-refractivity contribution in [3.05, 3.63) is 84.2 Å². The largest absolute Gasteiger partial charge is 0.462 e. The van der Waals surface area contributed by atoms with Crippen molar-refractivity contribution in [3.63, 3.8) is 0 Å². The molecule has 0 unspecified atom stereocenters. The Bertz CT molecular complexity index is 1620. The molecule has 8 heteroatoms. The first-order chi connectivity index (χ1) is 19.7. The van der Waals surface area contributed by atoms with Crippen LogP contribution in [0.5, 0.6) is 0 Å². The number of ether oxygens (including phenoxy) is 2. The molecule has 1 fully saturated rings. The number of aryl methyl sites for hydroxylation is 1. The third-order valence-corrected chi connectivity index (χ3v) is 7.14. The molecule has 1 aliphatic heterocycles. The summed E-state index contributed by atoms with van der Waals surface area (Å²) in [6, 6.07) is 22.0. The molecule has 0 saturated carbocycles. The number of carbonyl (C=O) groups is 1. The normalized spacial score (nSPS) is 13.6. The van der Waals surface area contributed by atoms with E-state index in [1.807, 2.05) is 60.0 Å². The van der Waals surface area contributed by atoms with E-state index >= 15 is 0 Å². The van der Waals surface area contributed by atoms with Gasteiger partial charge >= 0.3 is 5.97 Å². The van der Waals surface area contributed by atoms with Gasteiger partial charge in [0.25, 0.3) is 0 Å². The molecule has 2 aromatic carbocycles. The summed E-state index contributed by atoms with van der Waals surface area (Å²) in [5, 5.41) is 5.13. The molecule has 3 aromatic heterocycles. The van der Waals surface area contributed by atoms with E-state index in [4.69, 9.17) is 19.0 Å². The number of hydrogen-bond donors (Lipinski definition) is 0. The molecule has 0 radical (unpaired) electrons. The molecule has 8 nitrogen and oxygen atoms in total. The molecule has 6 rings (SSSR count). The molecule has 0 amide bonds. The lowest BCUT2D eigenvalue weighted by molar-refractivity contribution is 0.0529. The second kappa shape index (κ2) is 11.4. The zero-order chi connectivity index (χ0) is 27.5. The first-order valence-corrected chi connectivity index (χ1v) is 13.8. The number of carbonyl (C=O) groups excluding carboxylic acids is 1. The van der Waals surface area contributed by atoms with Crippen LogP contribution in [0.15, 0.2) is 77.3 Å². The fraction of sp³-hybridized carbons (Fsp3) is 0.281. The lowest BCUT2D eigenvalue weighted by Crippen LogP contribution is -2.37. The first kappa shape index (κ1) is 25.8. The van der Waals surface area contributed by atoms with Crippen molar-refractivity contribution in [1.82, 2.24) is 14.6 Å². The Labute approximate surface area is 233 Å². The average molecular weight is 537 g/mol. The van der Waals surface area contributed by atoms with Gasteiger partial charge in [0.1, 0.15) is 11.4 Å². The van der Waals surface area contributed by atoms with Gasteiger partial charge in [0.05, 0.1) is 42.8 Å². The smallest absolute Gasteiger partial charge is 0.341 e. The number of fused-ring (bicyclic) bond motifs is 1. The molecular weight excluding hydrogens is 504 g/mol. The summed E-state index contributed by atoms with van der Waals surface area (Å²) in [4.78, 5) is 20.7. The first-order valence-electron chi connectivity index (χ1n) is 13.8. The van der Waals surface area contributed by atoms with Gasteiger partial charge in [0, 0.05) is 24.2 Å². The molecule has 1 saturated heterocycles. The maximum atomic E-state index is 13.8. The van der Waals surface area contributed by atoms with Crippen LogP contribution in [-0.2, 0) is 15.9 Å². The Morgan fingerprint density at radius 1 is 0.975 bits per heavy atom. The van der Waals surface area contributed by atoms with E-state index in [-0.39, 0.29) is 6.61 Å². The minimum absolute atomic E-state index is 0.250. The molecule has 0 spiro atoms. The summed E-state index contributed by atoms with van der Waals surface area (Å²) in [7, 11) is 0. The Morgan fingerprint density at radius 2 is 1.68 bits per heavy atom. The molecule has 4 heterocycles. The van der Waals surface area contributed by atoms with Gasteiger partial charge in [0.2, 0.25) is 5.89 Å². The SMILES string of the molecule is CCCc1c(-c2ncc(-c3ccccc3)o2)c(C(=O)OCC)c2c(-c3ccccc3)cc(N3CCOCC3)nn12. The minimum atomic E-state index is -0.421. The van der Waals surface area contributed by atoms with Crippen molar-refractivity contribution in [2.45, 2.75) is 26.7 Å². The number of benzene rings is 2. The topological polar surface area (TPSA) is 82.1 Å². The van der Waals surface area contributed by atoms with Crippen molar-refractivity contribution in [2.24, 2.45) is 0 Å². The van der Waals surface area contributed by atoms with Crippen LogP contribution in [0.2, 0.25) is 0 Å². The molecule has 0 aliphatic carbocycles. The summed E-state index contributed by atoms with van der Waals surface area (Å²) < 4.78 is 19.5. The second-order valence-electron chi connectivity index (χ2n) is 9.70. The van der Waals surface area contributed by atoms with Gasteiger partial charge in [-0.2, -0.15) is 0 Å². The van der Waals surface area contributed by atoms with Crippen LogP contribution in [0.3, 0.4) is 0 Å². The number of hydrogen-bond acceptors (Lipinski definition) is 7. The van der Waals surface area contributed by atoms with Gasteiger partial charge in [-0.25, -0.2) is 14.3 Å². The molecule has 1 aliphatic rings. The number of oxazole rings is 1. The second-order valence-corrected chi connectivity index (χ2v) is 9.70. The Balaban J connectivity index is 1.67. The van der Waals surface area contributed by atoms with E-state index in [0.717, 1.165) is 47.7 Å². The highest BCUT2D eigenvalue weighted by atomic mass is 16.5. The van der Waals surface area contributed by atoms with Crippen LogP contribution >= 0.6 is 0 Å². The predicted octanol–water partition coefficient (Wildman–Crippen LogP) is 6.29. The maximum absolute atomic E-state index is 13.8. The van der Waals surface area contributed by atoms with Crippen LogP contribution in [-0.4, -0.2) is 53.5 Å². The predicted molar refractivity (Wildman–Crippen MR) is 155 cm³/mol. The van der Waals surface area contributed by atoms with E-state index in [2.05, 4.69) is 35.0 Å². The van der Waals surface area contributed by atoms with Gasteiger partial charge in [-0.3, -0.25) is 0 Å². The summed E-state index contributed by atoms with van der Waals surface area (Å²) in [5.41, 5.74) is 5.42. The highest BCUT2D eigenvalue weighted by Gasteiger charge is 2.32. The van der Waals surface area contributed by atoms with Crippen molar-refractivity contribution < 1.29 is 18.7 Å². The Hall–Kier alpha value is -4.43. The van der Waals surface area contributed by atoms with Crippen molar-refractivity contribution in [1.29, 1.82) is 0 Å². The molecular formula is C32H32N4O4. The maximum Gasteiger partial charge on any atom is 0.341 e. The Morgan fingerprint density at radius 3 is 2.35 bits per heavy atom. The fourth-order valence-corrected chi connectivity index (χ4v) is 5.31. The van der Waals surface area contributed by atoms with Crippen molar-refractivity contribution in [2.75, 3.05) is 37.8 Å². The summed E-state index contributed by atoms with van der Waals surface area (Å²) in [6.45, 7) is 6.96. The molecule has 5 aromatic rings. The van der Waals surface area contributed by atoms with Gasteiger partial charge < -0.3 is 18.8 Å². The number of anilines is 1. The van der Waals surface area contributed by atoms with Gasteiger partial charge in [-0.05, 0) is 25.0 Å². The zero-order valence-electron chi connectivity index (χ0n) is 22.8. The van der Waals surface area contributed by atoms with Gasteiger partial charge in [0.15, 0.2) is 5.76 Å². The number of morpholine rings is 1. The third-order valence-electron chi connectivity index (χ3n) is 7.14. The standard InChI is InChI=1S/C32H32N4O4/c1-3-11-25-28(31-33-21-26(40-31)23-14-9-6-10-15-23)29(32(37)39-4-2)30-24(22-12-7-5-8-13-22)20-27(34-36(25)30)35-16-18-38-19-17-35/h5-10,12-15,20-21H,3-4,11,16-19H2,1-2H3. The summed E-state index contributed by atoms with van der Waals surface area (Å²) >= 11 is 0. The van der Waals surface area contributed by atoms with Crippen LogP contribution < -0.4 is 4.90 Å². The Kier molecular flexibility index (Phi) is 7.33. The van der Waals surface area contributed by atoms with E-state index in [1.54, 1.807) is 6.20 Å². The molecule has 40 heavy (non-hydrogen) atoms. The third kappa shape index (κ3) is 4.75. The molecule has 204 valence electrons. The number of rotatable bonds is 8. The monoisotopic (exact) mass is 536 g/mol. The van der Waals surface area contributed by atoms with Gasteiger partial charge in [-0.15, -0.1) is 5.10 Å². The van der Waals surface area contributed by atoms with Crippen LogP contribution in [0, 0.1) is 0 Å². The van der Waals surface area contributed by atoms with Crippen molar-refractivity contribution >= 4 is 17.3 Å². The minimum Gasteiger partial charge on any atom is -0.462 e. The lowest BCUT2D eigenvalue weighted by atomic mass is 10.0. The van der Waals surface area contributed by atoms with E-state index in [9.17, 15) is 4.79 Å². The summed E-state index contributed by atoms with van der Waals surface area (Å²) in [5.74, 6) is 1.42. The molecule has 0 bridgehead atoms. The molecule has 0 atom stereocenters. The highest BCUT2D eigenvalue weighted by Crippen LogP contribution is 2.40. The number of nitrogens with zero attached hydrogens (tertiary/aromatic N) is 4. The highest BCUT2D eigenvalue weighted by molar-refractivity contribution is 6.08. The average Bonchev–Trinajstić information content (AvgIpc) is 3.62. The summed E-state index contributed by atoms with van der Waals surface area (Å²) in [6.07, 6.45) is 3.23. The lowest BCUT2D eigenvalue weighted by Gasteiger charge is -2.28. The van der Waals surface area contributed by atoms with E-state index in [0.29, 0.717) is 47.9 Å². The fourth-order valence-electron chi connectivity index (χ4n) is 5.31. The van der Waals surface area contributed by atoms with Gasteiger partial charge in [-0.1, -0.05) is 74.0 Å². The van der Waals surface area contributed by atoms with Crippen LogP contribution in [0.4, 0.5) is 5.82 Å². The number of esters is 1. The van der Waals surface area contributed by atoms with Crippen LogP contribution in [0.1, 0.15) is 36.3 Å². The quantitative estimate of drug-likeness (QED) is 0.216. The van der Waals surface area contributed by atoms with Crippen LogP contribution in [0.25, 0.3) is 39.4 Å². The van der Waals surface area contributed by atoms with E-state index in [1.165, 1.54) is 0 Å². The molecule has 0 N–H and O–H groups in total. The van der Waals surface area contributed by atoms with Crippen molar-refractivity contribution in [3.8, 4) is 33.9 Å².